The van der Waals surface area contributed by atoms with Gasteiger partial charge in [-0.25, -0.2) is 10.8 Å². The minimum atomic E-state index is 1.19. The minimum Gasteiger partial charge on any atom is -0.242 e. The molecular formula is C16H16N2. The lowest BCUT2D eigenvalue weighted by atomic mass is 9.77. The van der Waals surface area contributed by atoms with Crippen molar-refractivity contribution in [1.29, 1.82) is 10.8 Å². The summed E-state index contributed by atoms with van der Waals surface area (Å²) >= 11 is 0. The largest absolute Gasteiger partial charge is 0.242 e. The molecule has 0 radical (unpaired) electrons. The van der Waals surface area contributed by atoms with Gasteiger partial charge >= 0.3 is 0 Å². The van der Waals surface area contributed by atoms with E-state index in [0.717, 1.165) is 0 Å². The van der Waals surface area contributed by atoms with Crippen molar-refractivity contribution in [1.82, 2.24) is 0 Å². The first-order valence-corrected chi connectivity index (χ1v) is 6.13. The van der Waals surface area contributed by atoms with Gasteiger partial charge in [-0.15, -0.1) is 0 Å². The fourth-order valence-electron chi connectivity index (χ4n) is 2.49. The van der Waals surface area contributed by atoms with E-state index in [4.69, 9.17) is 10.8 Å². The molecular weight excluding hydrogens is 220 g/mol. The SMILES string of the molecule is CCCc1cccc2c1-c1ccccc1-2.N=C=N. The fourth-order valence-corrected chi connectivity index (χ4v) is 2.49. The van der Waals surface area contributed by atoms with Gasteiger partial charge in [0, 0.05) is 0 Å². The van der Waals surface area contributed by atoms with Crippen molar-refractivity contribution in [3.8, 4) is 22.3 Å². The van der Waals surface area contributed by atoms with Crippen LogP contribution in [0.1, 0.15) is 18.9 Å². The van der Waals surface area contributed by atoms with E-state index < -0.39 is 0 Å². The summed E-state index contributed by atoms with van der Waals surface area (Å²) in [5.74, 6) is 0. The smallest absolute Gasteiger partial charge is 0.0831 e. The summed E-state index contributed by atoms with van der Waals surface area (Å²) in [6.45, 7) is 2.24. The Bertz CT molecular complexity index is 594. The average Bonchev–Trinajstić information content (AvgIpc) is 2.37. The third-order valence-electron chi connectivity index (χ3n) is 3.16. The standard InChI is InChI=1S/C15H14.CH2N2/c1-2-6-11-7-5-10-14-12-8-3-4-9-13(12)15(11)14;2-1-3/h3-5,7-10H,2,6H2,1H3;2-3H. The molecule has 0 aliphatic heterocycles. The second-order valence-electron chi connectivity index (χ2n) is 4.26. The Morgan fingerprint density at radius 1 is 0.889 bits per heavy atom. The molecule has 0 saturated heterocycles. The maximum Gasteiger partial charge on any atom is 0.0831 e. The molecule has 2 aromatic rings. The van der Waals surface area contributed by atoms with E-state index in [1.165, 1.54) is 46.7 Å². The predicted octanol–water partition coefficient (Wildman–Crippen LogP) is 4.60. The maximum atomic E-state index is 5.62. The Hall–Kier alpha value is -2.18. The van der Waals surface area contributed by atoms with Crippen LogP contribution in [-0.4, -0.2) is 6.01 Å². The lowest BCUT2D eigenvalue weighted by Gasteiger charge is -2.26. The Morgan fingerprint density at radius 2 is 1.50 bits per heavy atom. The predicted molar refractivity (Wildman–Crippen MR) is 75.3 cm³/mol. The Labute approximate surface area is 107 Å². The molecule has 0 atom stereocenters. The van der Waals surface area contributed by atoms with E-state index >= 15 is 0 Å². The summed E-state index contributed by atoms with van der Waals surface area (Å²) in [6.07, 6.45) is 2.41. The lowest BCUT2D eigenvalue weighted by Crippen LogP contribution is -2.02. The number of hydrogen-bond donors (Lipinski definition) is 2. The Morgan fingerprint density at radius 3 is 2.17 bits per heavy atom. The fraction of sp³-hybridized carbons (Fsp3) is 0.188. The maximum absolute atomic E-state index is 5.62. The van der Waals surface area contributed by atoms with E-state index in [1.54, 1.807) is 0 Å². The number of nitrogens with one attached hydrogen (secondary N) is 2. The van der Waals surface area contributed by atoms with Gasteiger partial charge in [-0.05, 0) is 34.2 Å². The van der Waals surface area contributed by atoms with E-state index in [2.05, 4.69) is 49.4 Å². The molecule has 1 aliphatic rings. The number of fused-ring (bicyclic) bond motifs is 4. The van der Waals surface area contributed by atoms with Crippen LogP contribution in [0.3, 0.4) is 0 Å². The van der Waals surface area contributed by atoms with Gasteiger partial charge in [0.1, 0.15) is 0 Å². The van der Waals surface area contributed by atoms with Crippen LogP contribution in [0.25, 0.3) is 22.3 Å². The molecule has 2 heteroatoms. The van der Waals surface area contributed by atoms with Crippen molar-refractivity contribution in [2.45, 2.75) is 19.8 Å². The molecule has 1 aliphatic carbocycles. The van der Waals surface area contributed by atoms with E-state index in [-0.39, 0.29) is 0 Å². The first kappa shape index (κ1) is 12.3. The van der Waals surface area contributed by atoms with Gasteiger partial charge in [-0.3, -0.25) is 0 Å². The zero-order valence-electron chi connectivity index (χ0n) is 10.5. The first-order valence-electron chi connectivity index (χ1n) is 6.13. The Balaban J connectivity index is 0.000000367. The molecule has 0 fully saturated rings. The van der Waals surface area contributed by atoms with Crippen molar-refractivity contribution in [2.75, 3.05) is 0 Å². The summed E-state index contributed by atoms with van der Waals surface area (Å²) in [6, 6.07) is 16.6. The van der Waals surface area contributed by atoms with Crippen LogP contribution in [-0.2, 0) is 6.42 Å². The number of benzene rings is 2. The minimum absolute atomic E-state index is 1.19. The third-order valence-corrected chi connectivity index (χ3v) is 3.16. The lowest BCUT2D eigenvalue weighted by molar-refractivity contribution is 0.923. The second kappa shape index (κ2) is 5.44. The number of hydrogen-bond acceptors (Lipinski definition) is 2. The summed E-state index contributed by atoms with van der Waals surface area (Å²) in [7, 11) is 0. The van der Waals surface area contributed by atoms with Gasteiger partial charge in [-0.1, -0.05) is 55.8 Å². The van der Waals surface area contributed by atoms with Crippen LogP contribution < -0.4 is 0 Å². The summed E-state index contributed by atoms with van der Waals surface area (Å²) < 4.78 is 0. The highest BCUT2D eigenvalue weighted by Gasteiger charge is 2.23. The van der Waals surface area contributed by atoms with Crippen LogP contribution in [0.4, 0.5) is 0 Å². The van der Waals surface area contributed by atoms with Crippen molar-refractivity contribution in [2.24, 2.45) is 0 Å². The molecule has 18 heavy (non-hydrogen) atoms. The average molecular weight is 236 g/mol. The van der Waals surface area contributed by atoms with Crippen LogP contribution in [0.5, 0.6) is 0 Å². The van der Waals surface area contributed by atoms with E-state index in [0.29, 0.717) is 0 Å². The van der Waals surface area contributed by atoms with Gasteiger partial charge in [-0.2, -0.15) is 0 Å². The van der Waals surface area contributed by atoms with E-state index in [9.17, 15) is 0 Å². The van der Waals surface area contributed by atoms with Crippen LogP contribution in [0.15, 0.2) is 42.5 Å². The van der Waals surface area contributed by atoms with Crippen LogP contribution in [0.2, 0.25) is 0 Å². The topological polar surface area (TPSA) is 47.7 Å². The molecule has 3 rings (SSSR count). The zero-order chi connectivity index (χ0) is 13.0. The zero-order valence-corrected chi connectivity index (χ0v) is 10.5. The molecule has 0 saturated carbocycles. The van der Waals surface area contributed by atoms with Gasteiger partial charge in [0.25, 0.3) is 0 Å². The molecule has 0 bridgehead atoms. The molecule has 0 spiro atoms. The second-order valence-corrected chi connectivity index (χ2v) is 4.26. The molecule has 2 N–H and O–H groups in total. The highest BCUT2D eigenvalue weighted by atomic mass is 14.4. The van der Waals surface area contributed by atoms with Crippen molar-refractivity contribution in [3.63, 3.8) is 0 Å². The Kier molecular flexibility index (Phi) is 3.71. The molecule has 2 aromatic carbocycles. The molecule has 2 nitrogen and oxygen atoms in total. The first-order chi connectivity index (χ1) is 8.83. The summed E-state index contributed by atoms with van der Waals surface area (Å²) in [5.41, 5.74) is 7.31. The number of aryl methyl sites for hydroxylation is 1. The molecule has 0 amide bonds. The van der Waals surface area contributed by atoms with Crippen LogP contribution >= 0.6 is 0 Å². The quantitative estimate of drug-likeness (QED) is 0.611. The van der Waals surface area contributed by atoms with Crippen LogP contribution in [0, 0.1) is 10.8 Å². The van der Waals surface area contributed by atoms with E-state index in [1.807, 2.05) is 0 Å². The normalized spacial score (nSPS) is 10.1. The van der Waals surface area contributed by atoms with Crippen molar-refractivity contribution < 1.29 is 0 Å². The van der Waals surface area contributed by atoms with Gasteiger partial charge in [0.15, 0.2) is 0 Å². The summed E-state index contributed by atoms with van der Waals surface area (Å²) in [5, 5.41) is 11.2. The summed E-state index contributed by atoms with van der Waals surface area (Å²) in [4.78, 5) is 0. The van der Waals surface area contributed by atoms with Gasteiger partial charge in [0.05, 0.1) is 6.01 Å². The highest BCUT2D eigenvalue weighted by molar-refractivity contribution is 6.03. The number of rotatable bonds is 2. The molecule has 0 aromatic heterocycles. The third kappa shape index (κ3) is 1.99. The molecule has 0 heterocycles. The van der Waals surface area contributed by atoms with Gasteiger partial charge in [0.2, 0.25) is 0 Å². The molecule has 90 valence electrons. The highest BCUT2D eigenvalue weighted by Crippen LogP contribution is 2.48. The van der Waals surface area contributed by atoms with Crippen molar-refractivity contribution >= 4 is 6.01 Å². The monoisotopic (exact) mass is 236 g/mol. The van der Waals surface area contributed by atoms with Crippen molar-refractivity contribution in [3.05, 3.63) is 48.0 Å². The van der Waals surface area contributed by atoms with Gasteiger partial charge < -0.3 is 0 Å². The molecule has 0 unspecified atom stereocenters.